The van der Waals surface area contributed by atoms with Crippen molar-refractivity contribution in [2.24, 2.45) is 0 Å². The van der Waals surface area contributed by atoms with Crippen molar-refractivity contribution in [3.63, 3.8) is 0 Å². The van der Waals surface area contributed by atoms with Gasteiger partial charge in [-0.05, 0) is 42.5 Å². The summed E-state index contributed by atoms with van der Waals surface area (Å²) in [4.78, 5) is 25.2. The van der Waals surface area contributed by atoms with Crippen LogP contribution < -0.4 is 10.2 Å². The third-order valence-electron chi connectivity index (χ3n) is 3.40. The molecule has 0 atom stereocenters. The fraction of sp³-hybridized carbons (Fsp3) is 0.167. The zero-order valence-electron chi connectivity index (χ0n) is 13.1. The van der Waals surface area contributed by atoms with E-state index in [1.807, 2.05) is 6.07 Å². The molecule has 2 aromatic carbocycles. The van der Waals surface area contributed by atoms with Crippen LogP contribution in [0.15, 0.2) is 48.5 Å². The second-order valence-corrected chi connectivity index (χ2v) is 5.10. The molecule has 2 amide bonds. The van der Waals surface area contributed by atoms with Crippen LogP contribution in [0.1, 0.15) is 22.8 Å². The summed E-state index contributed by atoms with van der Waals surface area (Å²) >= 11 is 0. The molecule has 0 spiro atoms. The molecule has 0 unspecified atom stereocenters. The average molecular weight is 325 g/mol. The Hall–Kier alpha value is -3.20. The van der Waals surface area contributed by atoms with Crippen molar-refractivity contribution >= 4 is 17.5 Å². The number of nitrogens with one attached hydrogen (secondary N) is 1. The number of carbonyl (C=O) groups is 2. The molecule has 0 saturated heterocycles. The number of carbonyl (C=O) groups excluding carboxylic acids is 2. The lowest BCUT2D eigenvalue weighted by Crippen LogP contribution is -2.37. The van der Waals surface area contributed by atoms with Gasteiger partial charge in [0.2, 0.25) is 5.91 Å². The third-order valence-corrected chi connectivity index (χ3v) is 3.40. The monoisotopic (exact) mass is 325 g/mol. The summed E-state index contributed by atoms with van der Waals surface area (Å²) in [5.41, 5.74) is 1.37. The molecule has 0 aliphatic heterocycles. The maximum Gasteiger partial charge on any atom is 0.251 e. The van der Waals surface area contributed by atoms with E-state index in [1.165, 1.54) is 30.0 Å². The summed E-state index contributed by atoms with van der Waals surface area (Å²) in [6, 6.07) is 14.0. The molecule has 1 N–H and O–H groups in total. The van der Waals surface area contributed by atoms with Gasteiger partial charge in [0.05, 0.1) is 11.6 Å². The number of halogens is 1. The molecule has 0 aliphatic rings. The Morgan fingerprint density at radius 3 is 2.50 bits per heavy atom. The van der Waals surface area contributed by atoms with Gasteiger partial charge >= 0.3 is 0 Å². The van der Waals surface area contributed by atoms with Crippen molar-refractivity contribution in [1.29, 1.82) is 5.26 Å². The summed E-state index contributed by atoms with van der Waals surface area (Å²) in [7, 11) is 0. The van der Waals surface area contributed by atoms with E-state index in [4.69, 9.17) is 5.26 Å². The van der Waals surface area contributed by atoms with E-state index in [1.54, 1.807) is 24.3 Å². The first kappa shape index (κ1) is 17.2. The van der Waals surface area contributed by atoms with Gasteiger partial charge in [0.25, 0.3) is 5.91 Å². The summed E-state index contributed by atoms with van der Waals surface area (Å²) in [6.45, 7) is 1.91. The number of nitriles is 1. The lowest BCUT2D eigenvalue weighted by molar-refractivity contribution is -0.116. The Labute approximate surface area is 139 Å². The van der Waals surface area contributed by atoms with Crippen LogP contribution in [0.5, 0.6) is 0 Å². The number of anilines is 1. The first-order valence-corrected chi connectivity index (χ1v) is 7.33. The number of nitrogens with zero attached hydrogens (tertiary/aromatic N) is 2. The molecule has 0 bridgehead atoms. The number of amides is 2. The highest BCUT2D eigenvalue weighted by Crippen LogP contribution is 2.15. The number of hydrogen-bond donors (Lipinski definition) is 1. The third kappa shape index (κ3) is 4.40. The Morgan fingerprint density at radius 1 is 1.21 bits per heavy atom. The zero-order chi connectivity index (χ0) is 17.5. The largest absolute Gasteiger partial charge is 0.350 e. The second kappa shape index (κ2) is 7.88. The molecule has 0 heterocycles. The van der Waals surface area contributed by atoms with Crippen LogP contribution in [0.4, 0.5) is 10.1 Å². The topological polar surface area (TPSA) is 73.2 Å². The molecule has 2 rings (SSSR count). The van der Waals surface area contributed by atoms with Crippen molar-refractivity contribution in [3.05, 3.63) is 65.5 Å². The van der Waals surface area contributed by atoms with E-state index in [9.17, 15) is 14.0 Å². The second-order valence-electron chi connectivity index (χ2n) is 5.10. The first-order valence-electron chi connectivity index (χ1n) is 7.33. The van der Waals surface area contributed by atoms with Crippen LogP contribution in [0.2, 0.25) is 0 Å². The summed E-state index contributed by atoms with van der Waals surface area (Å²) in [5.74, 6) is -1.07. The van der Waals surface area contributed by atoms with Gasteiger partial charge in [-0.25, -0.2) is 4.39 Å². The maximum atomic E-state index is 13.1. The number of rotatable bonds is 5. The molecular weight excluding hydrogens is 309 g/mol. The van der Waals surface area contributed by atoms with Crippen LogP contribution in [0, 0.1) is 17.1 Å². The van der Waals surface area contributed by atoms with Crippen LogP contribution in [-0.4, -0.2) is 24.9 Å². The minimum Gasteiger partial charge on any atom is -0.350 e. The normalized spacial score (nSPS) is 9.88. The molecule has 0 saturated carbocycles. The first-order chi connectivity index (χ1) is 11.5. The van der Waals surface area contributed by atoms with Gasteiger partial charge in [0.1, 0.15) is 5.82 Å². The summed E-state index contributed by atoms with van der Waals surface area (Å²) < 4.78 is 13.1. The molecule has 0 aromatic heterocycles. The van der Waals surface area contributed by atoms with Gasteiger partial charge in [0, 0.05) is 31.3 Å². The van der Waals surface area contributed by atoms with Gasteiger partial charge < -0.3 is 10.2 Å². The Bertz CT molecular complexity index is 782. The quantitative estimate of drug-likeness (QED) is 0.918. The predicted octanol–water partition coefficient (Wildman–Crippen LogP) is 2.48. The molecule has 2 aromatic rings. The molecular formula is C18H16FN3O2. The van der Waals surface area contributed by atoms with Gasteiger partial charge in [-0.1, -0.05) is 6.07 Å². The van der Waals surface area contributed by atoms with Gasteiger partial charge in [-0.2, -0.15) is 5.26 Å². The SMILES string of the molecule is CC(=O)N(CCNC(=O)c1cccc(F)c1)c1ccc(C#N)cc1. The maximum absolute atomic E-state index is 13.1. The van der Waals surface area contributed by atoms with Gasteiger partial charge in [0.15, 0.2) is 0 Å². The minimum atomic E-state index is -0.481. The van der Waals surface area contributed by atoms with Crippen molar-refractivity contribution in [1.82, 2.24) is 5.32 Å². The standard InChI is InChI=1S/C18H16FN3O2/c1-13(23)22(17-7-5-14(12-20)6-8-17)10-9-21-18(24)15-3-2-4-16(19)11-15/h2-8,11H,9-10H2,1H3,(H,21,24). The highest BCUT2D eigenvalue weighted by atomic mass is 19.1. The van der Waals surface area contributed by atoms with Crippen LogP contribution in [-0.2, 0) is 4.79 Å². The number of hydrogen-bond acceptors (Lipinski definition) is 3. The van der Waals surface area contributed by atoms with E-state index in [-0.39, 0.29) is 24.6 Å². The fourth-order valence-electron chi connectivity index (χ4n) is 2.20. The zero-order valence-corrected chi connectivity index (χ0v) is 13.1. The molecule has 122 valence electrons. The van der Waals surface area contributed by atoms with E-state index < -0.39 is 11.7 Å². The van der Waals surface area contributed by atoms with Crippen LogP contribution >= 0.6 is 0 Å². The van der Waals surface area contributed by atoms with Crippen molar-refractivity contribution < 1.29 is 14.0 Å². The summed E-state index contributed by atoms with van der Waals surface area (Å²) in [6.07, 6.45) is 0. The Morgan fingerprint density at radius 2 is 1.92 bits per heavy atom. The molecule has 0 aliphatic carbocycles. The van der Waals surface area contributed by atoms with E-state index in [0.717, 1.165) is 6.07 Å². The summed E-state index contributed by atoms with van der Waals surface area (Å²) in [5, 5.41) is 11.5. The van der Waals surface area contributed by atoms with Gasteiger partial charge in [-0.15, -0.1) is 0 Å². The Kier molecular flexibility index (Phi) is 5.63. The van der Waals surface area contributed by atoms with E-state index >= 15 is 0 Å². The van der Waals surface area contributed by atoms with Crippen LogP contribution in [0.25, 0.3) is 0 Å². The molecule has 0 radical (unpaired) electrons. The fourth-order valence-corrected chi connectivity index (χ4v) is 2.20. The molecule has 6 heteroatoms. The average Bonchev–Trinajstić information content (AvgIpc) is 2.58. The smallest absolute Gasteiger partial charge is 0.251 e. The lowest BCUT2D eigenvalue weighted by atomic mass is 10.2. The van der Waals surface area contributed by atoms with E-state index in [0.29, 0.717) is 11.3 Å². The lowest BCUT2D eigenvalue weighted by Gasteiger charge is -2.21. The minimum absolute atomic E-state index is 0.181. The van der Waals surface area contributed by atoms with Crippen LogP contribution in [0.3, 0.4) is 0 Å². The highest BCUT2D eigenvalue weighted by molar-refractivity contribution is 5.94. The van der Waals surface area contributed by atoms with Crippen molar-refractivity contribution in [2.45, 2.75) is 6.92 Å². The number of benzene rings is 2. The van der Waals surface area contributed by atoms with Gasteiger partial charge in [-0.3, -0.25) is 9.59 Å². The molecule has 0 fully saturated rings. The molecule has 24 heavy (non-hydrogen) atoms. The predicted molar refractivity (Wildman–Crippen MR) is 87.9 cm³/mol. The molecule has 5 nitrogen and oxygen atoms in total. The highest BCUT2D eigenvalue weighted by Gasteiger charge is 2.12. The van der Waals surface area contributed by atoms with Crippen molar-refractivity contribution in [3.8, 4) is 6.07 Å². The van der Waals surface area contributed by atoms with Crippen molar-refractivity contribution in [2.75, 3.05) is 18.0 Å². The van der Waals surface area contributed by atoms with E-state index in [2.05, 4.69) is 5.32 Å². The Balaban J connectivity index is 1.98.